The molecule has 19 heavy (non-hydrogen) atoms. The van der Waals surface area contributed by atoms with Crippen LogP contribution in [0.25, 0.3) is 0 Å². The van der Waals surface area contributed by atoms with Gasteiger partial charge in [-0.25, -0.2) is 0 Å². The Kier molecular flexibility index (Phi) is 4.87. The highest BCUT2D eigenvalue weighted by atomic mass is 15.2. The van der Waals surface area contributed by atoms with E-state index in [-0.39, 0.29) is 6.04 Å². The van der Waals surface area contributed by atoms with Crippen LogP contribution >= 0.6 is 0 Å². The molecule has 0 saturated heterocycles. The van der Waals surface area contributed by atoms with E-state index in [2.05, 4.69) is 49.9 Å². The van der Waals surface area contributed by atoms with Gasteiger partial charge in [-0.3, -0.25) is 0 Å². The van der Waals surface area contributed by atoms with Crippen molar-refractivity contribution in [3.8, 4) is 0 Å². The Labute approximate surface area is 118 Å². The Morgan fingerprint density at radius 3 is 2.26 bits per heavy atom. The molecule has 0 radical (unpaired) electrons. The highest BCUT2D eigenvalue weighted by Crippen LogP contribution is 2.32. The second-order valence-electron chi connectivity index (χ2n) is 6.45. The highest BCUT2D eigenvalue weighted by Gasteiger charge is 2.28. The van der Waals surface area contributed by atoms with Crippen LogP contribution < -0.4 is 10.6 Å². The number of benzene rings is 1. The van der Waals surface area contributed by atoms with Crippen molar-refractivity contribution in [1.29, 1.82) is 0 Å². The fourth-order valence-electron chi connectivity index (χ4n) is 2.50. The molecule has 2 heteroatoms. The number of nitrogens with two attached hydrogens (primary N) is 1. The molecule has 2 rings (SSSR count). The third-order valence-corrected chi connectivity index (χ3v) is 3.76. The van der Waals surface area contributed by atoms with Gasteiger partial charge in [-0.1, -0.05) is 26.0 Å². The van der Waals surface area contributed by atoms with E-state index in [1.165, 1.54) is 37.1 Å². The van der Waals surface area contributed by atoms with Gasteiger partial charge in [-0.15, -0.1) is 0 Å². The van der Waals surface area contributed by atoms with Gasteiger partial charge in [-0.05, 0) is 56.2 Å². The maximum Gasteiger partial charge on any atom is 0.0368 e. The van der Waals surface area contributed by atoms with Crippen molar-refractivity contribution in [1.82, 2.24) is 0 Å². The third-order valence-electron chi connectivity index (χ3n) is 3.76. The van der Waals surface area contributed by atoms with Crippen LogP contribution in [0.15, 0.2) is 24.3 Å². The molecule has 0 bridgehead atoms. The molecule has 1 aromatic rings. The molecule has 1 atom stereocenters. The molecule has 1 aliphatic carbocycles. The largest absolute Gasteiger partial charge is 0.369 e. The van der Waals surface area contributed by atoms with E-state index in [1.54, 1.807) is 0 Å². The summed E-state index contributed by atoms with van der Waals surface area (Å²) >= 11 is 0. The van der Waals surface area contributed by atoms with E-state index in [1.807, 2.05) is 0 Å². The lowest BCUT2D eigenvalue weighted by atomic mass is 10.1. The SMILES string of the molecule is CC(C)CCN(c1ccc(CC(C)N)cc1)C1CC1. The molecular weight excluding hydrogens is 232 g/mol. The molecule has 2 N–H and O–H groups in total. The van der Waals surface area contributed by atoms with Crippen LogP contribution in [0.1, 0.15) is 45.6 Å². The summed E-state index contributed by atoms with van der Waals surface area (Å²) in [5, 5.41) is 0. The standard InChI is InChI=1S/C17H28N2/c1-13(2)10-11-19(17-8-9-17)16-6-4-15(5-7-16)12-14(3)18/h4-7,13-14,17H,8-12,18H2,1-3H3. The summed E-state index contributed by atoms with van der Waals surface area (Å²) in [6.07, 6.45) is 4.97. The van der Waals surface area contributed by atoms with Gasteiger partial charge < -0.3 is 10.6 Å². The number of hydrogen-bond acceptors (Lipinski definition) is 2. The molecule has 1 aromatic carbocycles. The zero-order valence-electron chi connectivity index (χ0n) is 12.6. The summed E-state index contributed by atoms with van der Waals surface area (Å²) < 4.78 is 0. The van der Waals surface area contributed by atoms with E-state index < -0.39 is 0 Å². The summed E-state index contributed by atoms with van der Waals surface area (Å²) in [6, 6.07) is 10.1. The fourth-order valence-corrected chi connectivity index (χ4v) is 2.50. The van der Waals surface area contributed by atoms with Crippen molar-refractivity contribution < 1.29 is 0 Å². The average Bonchev–Trinajstić information content (AvgIpc) is 3.15. The minimum atomic E-state index is 0.242. The molecule has 0 heterocycles. The van der Waals surface area contributed by atoms with E-state index in [0.717, 1.165) is 18.4 Å². The van der Waals surface area contributed by atoms with Crippen LogP contribution in [0, 0.1) is 5.92 Å². The van der Waals surface area contributed by atoms with Gasteiger partial charge in [-0.2, -0.15) is 0 Å². The lowest BCUT2D eigenvalue weighted by Crippen LogP contribution is -2.27. The Bertz CT molecular complexity index is 377. The van der Waals surface area contributed by atoms with Crippen molar-refractivity contribution in [2.75, 3.05) is 11.4 Å². The molecule has 106 valence electrons. The second-order valence-corrected chi connectivity index (χ2v) is 6.45. The molecule has 0 amide bonds. The lowest BCUT2D eigenvalue weighted by molar-refractivity contribution is 0.570. The molecule has 1 unspecified atom stereocenters. The van der Waals surface area contributed by atoms with Gasteiger partial charge in [0.2, 0.25) is 0 Å². The number of rotatable bonds is 7. The van der Waals surface area contributed by atoms with Gasteiger partial charge >= 0.3 is 0 Å². The van der Waals surface area contributed by atoms with Crippen molar-refractivity contribution in [2.24, 2.45) is 11.7 Å². The van der Waals surface area contributed by atoms with Gasteiger partial charge in [0.15, 0.2) is 0 Å². The lowest BCUT2D eigenvalue weighted by Gasteiger charge is -2.26. The first-order valence-electron chi connectivity index (χ1n) is 7.67. The average molecular weight is 260 g/mol. The minimum absolute atomic E-state index is 0.242. The first-order valence-corrected chi connectivity index (χ1v) is 7.67. The van der Waals surface area contributed by atoms with Crippen LogP contribution in [-0.2, 0) is 6.42 Å². The molecular formula is C17H28N2. The van der Waals surface area contributed by atoms with Crippen LogP contribution in [0.2, 0.25) is 0 Å². The first-order chi connectivity index (χ1) is 9.06. The van der Waals surface area contributed by atoms with Crippen LogP contribution in [0.5, 0.6) is 0 Å². The van der Waals surface area contributed by atoms with Crippen LogP contribution in [-0.4, -0.2) is 18.6 Å². The van der Waals surface area contributed by atoms with Crippen molar-refractivity contribution in [3.05, 3.63) is 29.8 Å². The summed E-state index contributed by atoms with van der Waals surface area (Å²) in [4.78, 5) is 2.59. The second kappa shape index (κ2) is 6.42. The predicted octanol–water partition coefficient (Wildman–Crippen LogP) is 3.59. The Morgan fingerprint density at radius 1 is 1.16 bits per heavy atom. The summed E-state index contributed by atoms with van der Waals surface area (Å²) in [5.74, 6) is 0.776. The Balaban J connectivity index is 2.00. The molecule has 1 fully saturated rings. The number of anilines is 1. The Hall–Kier alpha value is -1.02. The van der Waals surface area contributed by atoms with Gasteiger partial charge in [0.25, 0.3) is 0 Å². The summed E-state index contributed by atoms with van der Waals surface area (Å²) in [5.41, 5.74) is 8.58. The van der Waals surface area contributed by atoms with E-state index in [9.17, 15) is 0 Å². The normalized spacial score (nSPS) is 16.7. The zero-order valence-corrected chi connectivity index (χ0v) is 12.6. The summed E-state index contributed by atoms with van der Waals surface area (Å²) in [7, 11) is 0. The predicted molar refractivity (Wildman–Crippen MR) is 83.6 cm³/mol. The monoisotopic (exact) mass is 260 g/mol. The van der Waals surface area contributed by atoms with E-state index in [4.69, 9.17) is 5.73 Å². The maximum absolute atomic E-state index is 5.85. The number of hydrogen-bond donors (Lipinski definition) is 1. The molecule has 0 spiro atoms. The zero-order chi connectivity index (χ0) is 13.8. The molecule has 1 aliphatic rings. The fraction of sp³-hybridized carbons (Fsp3) is 0.647. The maximum atomic E-state index is 5.85. The molecule has 0 aliphatic heterocycles. The van der Waals surface area contributed by atoms with Crippen LogP contribution in [0.3, 0.4) is 0 Å². The first kappa shape index (κ1) is 14.4. The van der Waals surface area contributed by atoms with Crippen molar-refractivity contribution >= 4 is 5.69 Å². The highest BCUT2D eigenvalue weighted by molar-refractivity contribution is 5.49. The van der Waals surface area contributed by atoms with Gasteiger partial charge in [0.05, 0.1) is 0 Å². The van der Waals surface area contributed by atoms with Crippen molar-refractivity contribution in [2.45, 2.75) is 58.5 Å². The van der Waals surface area contributed by atoms with Crippen molar-refractivity contribution in [3.63, 3.8) is 0 Å². The molecule has 1 saturated carbocycles. The van der Waals surface area contributed by atoms with Crippen LogP contribution in [0.4, 0.5) is 5.69 Å². The topological polar surface area (TPSA) is 29.3 Å². The van der Waals surface area contributed by atoms with E-state index >= 15 is 0 Å². The van der Waals surface area contributed by atoms with E-state index in [0.29, 0.717) is 0 Å². The summed E-state index contributed by atoms with van der Waals surface area (Å²) in [6.45, 7) is 7.86. The van der Waals surface area contributed by atoms with Gasteiger partial charge in [0.1, 0.15) is 0 Å². The minimum Gasteiger partial charge on any atom is -0.369 e. The quantitative estimate of drug-likeness (QED) is 0.811. The molecule has 2 nitrogen and oxygen atoms in total. The Morgan fingerprint density at radius 2 is 1.79 bits per heavy atom. The van der Waals surface area contributed by atoms with Gasteiger partial charge in [0, 0.05) is 24.3 Å². The molecule has 0 aromatic heterocycles. The third kappa shape index (κ3) is 4.54. The smallest absolute Gasteiger partial charge is 0.0368 e. The number of nitrogens with zero attached hydrogens (tertiary/aromatic N) is 1.